The topological polar surface area (TPSA) is 87.3 Å². The summed E-state index contributed by atoms with van der Waals surface area (Å²) in [6.45, 7) is 0.788. The van der Waals surface area contributed by atoms with Crippen molar-refractivity contribution in [1.29, 1.82) is 0 Å². The van der Waals surface area contributed by atoms with Crippen molar-refractivity contribution in [2.75, 3.05) is 39.8 Å². The highest BCUT2D eigenvalue weighted by Gasteiger charge is 2.03. The van der Waals surface area contributed by atoms with E-state index < -0.39 is 0 Å². The van der Waals surface area contributed by atoms with Gasteiger partial charge in [-0.2, -0.15) is 0 Å². The molecule has 0 radical (unpaired) electrons. The molecule has 3 N–H and O–H groups in total. The largest absolute Gasteiger partial charge is 0.497 e. The summed E-state index contributed by atoms with van der Waals surface area (Å²) in [4.78, 5) is 4.23. The summed E-state index contributed by atoms with van der Waals surface area (Å²) in [5.74, 6) is 3.07. The molecule has 0 aromatic heterocycles. The highest BCUT2D eigenvalue weighted by atomic mass is 16.5. The zero-order valence-corrected chi connectivity index (χ0v) is 14.6. The van der Waals surface area contributed by atoms with Crippen molar-refractivity contribution in [3.05, 3.63) is 42.5 Å². The average molecular weight is 345 g/mol. The van der Waals surface area contributed by atoms with Crippen LogP contribution in [0, 0.1) is 0 Å². The van der Waals surface area contributed by atoms with Crippen molar-refractivity contribution in [3.8, 4) is 23.0 Å². The van der Waals surface area contributed by atoms with E-state index in [0.29, 0.717) is 36.4 Å². The van der Waals surface area contributed by atoms with Crippen LogP contribution in [0.1, 0.15) is 0 Å². The lowest BCUT2D eigenvalue weighted by molar-refractivity contribution is 0.321. The van der Waals surface area contributed by atoms with Gasteiger partial charge in [0.2, 0.25) is 0 Å². The molecular weight excluding hydrogens is 322 g/mol. The van der Waals surface area contributed by atoms with Crippen molar-refractivity contribution in [3.63, 3.8) is 0 Å². The number of nitrogens with two attached hydrogens (primary N) is 1. The van der Waals surface area contributed by atoms with Gasteiger partial charge >= 0.3 is 0 Å². The second-order valence-electron chi connectivity index (χ2n) is 5.02. The standard InChI is InChI=1S/C18H23N3O4/c1-22-14-6-4-13(5-7-14)21-18(19)20-8-9-25-17-11-15(23-2)10-16(12-17)24-3/h4-7,10-12H,8-9H2,1-3H3,(H3,19,20,21). The number of aliphatic imine (C=N–C) groups is 1. The Hall–Kier alpha value is -3.09. The summed E-state index contributed by atoms with van der Waals surface area (Å²) >= 11 is 0. The highest BCUT2D eigenvalue weighted by Crippen LogP contribution is 2.27. The molecule has 7 heteroatoms. The van der Waals surface area contributed by atoms with Crippen LogP contribution in [-0.2, 0) is 0 Å². The lowest BCUT2D eigenvalue weighted by Crippen LogP contribution is -2.23. The molecule has 0 saturated carbocycles. The Bertz CT molecular complexity index is 680. The number of nitrogens with one attached hydrogen (secondary N) is 1. The summed E-state index contributed by atoms with van der Waals surface area (Å²) in [6, 6.07) is 12.8. The molecule has 2 aromatic carbocycles. The first-order valence-electron chi connectivity index (χ1n) is 7.71. The first-order chi connectivity index (χ1) is 12.1. The van der Waals surface area contributed by atoms with E-state index in [1.54, 1.807) is 39.5 Å². The molecule has 0 amide bonds. The minimum atomic E-state index is 0.317. The summed E-state index contributed by atoms with van der Waals surface area (Å²) in [5.41, 5.74) is 6.69. The van der Waals surface area contributed by atoms with Crippen LogP contribution in [0.25, 0.3) is 0 Å². The van der Waals surface area contributed by atoms with Gasteiger partial charge in [0.15, 0.2) is 5.96 Å². The SMILES string of the molecule is COc1ccc(NC(N)=NCCOc2cc(OC)cc(OC)c2)cc1. The maximum Gasteiger partial charge on any atom is 0.193 e. The van der Waals surface area contributed by atoms with Crippen molar-refractivity contribution < 1.29 is 18.9 Å². The summed E-state index contributed by atoms with van der Waals surface area (Å²) in [7, 11) is 4.80. The number of rotatable bonds is 8. The number of hydrogen-bond acceptors (Lipinski definition) is 5. The zero-order valence-electron chi connectivity index (χ0n) is 14.6. The van der Waals surface area contributed by atoms with E-state index >= 15 is 0 Å². The third kappa shape index (κ3) is 5.80. The van der Waals surface area contributed by atoms with Gasteiger partial charge in [0.05, 0.1) is 27.9 Å². The summed E-state index contributed by atoms with van der Waals surface area (Å²) < 4.78 is 21.2. The summed E-state index contributed by atoms with van der Waals surface area (Å²) in [6.07, 6.45) is 0. The molecule has 0 bridgehead atoms. The molecule has 0 aliphatic rings. The van der Waals surface area contributed by atoms with Crippen LogP contribution in [0.15, 0.2) is 47.5 Å². The highest BCUT2D eigenvalue weighted by molar-refractivity contribution is 5.92. The molecule has 0 heterocycles. The predicted octanol–water partition coefficient (Wildman–Crippen LogP) is 2.52. The maximum atomic E-state index is 5.86. The lowest BCUT2D eigenvalue weighted by Gasteiger charge is -2.10. The molecule has 0 atom stereocenters. The molecule has 0 unspecified atom stereocenters. The molecule has 134 valence electrons. The maximum absolute atomic E-state index is 5.86. The first-order valence-corrected chi connectivity index (χ1v) is 7.71. The Morgan fingerprint density at radius 2 is 1.44 bits per heavy atom. The molecule has 25 heavy (non-hydrogen) atoms. The molecular formula is C18H23N3O4. The normalized spacial score (nSPS) is 10.9. The van der Waals surface area contributed by atoms with Crippen LogP contribution < -0.4 is 30.0 Å². The fourth-order valence-electron chi connectivity index (χ4n) is 2.06. The van der Waals surface area contributed by atoms with Crippen LogP contribution in [-0.4, -0.2) is 40.4 Å². The van der Waals surface area contributed by atoms with Crippen LogP contribution in [0.4, 0.5) is 5.69 Å². The van der Waals surface area contributed by atoms with E-state index in [9.17, 15) is 0 Å². The van der Waals surface area contributed by atoms with Gasteiger partial charge in [0.25, 0.3) is 0 Å². The monoisotopic (exact) mass is 345 g/mol. The van der Waals surface area contributed by atoms with Crippen molar-refractivity contribution in [2.45, 2.75) is 0 Å². The second-order valence-corrected chi connectivity index (χ2v) is 5.02. The Morgan fingerprint density at radius 3 is 2.00 bits per heavy atom. The molecule has 0 fully saturated rings. The van der Waals surface area contributed by atoms with Gasteiger partial charge in [0, 0.05) is 23.9 Å². The second kappa shape index (κ2) is 9.27. The van der Waals surface area contributed by atoms with Gasteiger partial charge in [0.1, 0.15) is 29.6 Å². The minimum Gasteiger partial charge on any atom is -0.497 e. The molecule has 0 spiro atoms. The summed E-state index contributed by atoms with van der Waals surface area (Å²) in [5, 5.41) is 3.01. The van der Waals surface area contributed by atoms with E-state index in [4.69, 9.17) is 24.7 Å². The van der Waals surface area contributed by atoms with Crippen LogP contribution >= 0.6 is 0 Å². The Balaban J connectivity index is 1.83. The smallest absolute Gasteiger partial charge is 0.193 e. The Morgan fingerprint density at radius 1 is 0.880 bits per heavy atom. The zero-order chi connectivity index (χ0) is 18.1. The number of anilines is 1. The molecule has 2 aromatic rings. The van der Waals surface area contributed by atoms with Crippen molar-refractivity contribution in [2.24, 2.45) is 10.7 Å². The van der Waals surface area contributed by atoms with Crippen molar-refractivity contribution >= 4 is 11.6 Å². The van der Waals surface area contributed by atoms with Crippen LogP contribution in [0.2, 0.25) is 0 Å². The molecule has 2 rings (SSSR count). The quantitative estimate of drug-likeness (QED) is 0.434. The molecule has 0 saturated heterocycles. The molecule has 0 aliphatic heterocycles. The lowest BCUT2D eigenvalue weighted by atomic mass is 10.3. The number of guanidine groups is 1. The van der Waals surface area contributed by atoms with E-state index in [0.717, 1.165) is 11.4 Å². The number of methoxy groups -OCH3 is 3. The number of hydrogen-bond donors (Lipinski definition) is 2. The van der Waals surface area contributed by atoms with Crippen LogP contribution in [0.3, 0.4) is 0 Å². The van der Waals surface area contributed by atoms with E-state index in [1.807, 2.05) is 24.3 Å². The van der Waals surface area contributed by atoms with E-state index in [2.05, 4.69) is 10.3 Å². The molecule has 7 nitrogen and oxygen atoms in total. The number of nitrogens with zero attached hydrogens (tertiary/aromatic N) is 1. The number of benzene rings is 2. The minimum absolute atomic E-state index is 0.317. The first kappa shape index (κ1) is 18.3. The average Bonchev–Trinajstić information content (AvgIpc) is 2.65. The fourth-order valence-corrected chi connectivity index (χ4v) is 2.06. The van der Waals surface area contributed by atoms with Gasteiger partial charge in [-0.05, 0) is 24.3 Å². The van der Waals surface area contributed by atoms with Gasteiger partial charge in [-0.25, -0.2) is 4.99 Å². The van der Waals surface area contributed by atoms with Gasteiger partial charge < -0.3 is 30.0 Å². The molecule has 0 aliphatic carbocycles. The Labute approximate surface area is 147 Å². The van der Waals surface area contributed by atoms with E-state index in [1.165, 1.54) is 0 Å². The van der Waals surface area contributed by atoms with Gasteiger partial charge in [-0.3, -0.25) is 0 Å². The van der Waals surface area contributed by atoms with Crippen LogP contribution in [0.5, 0.6) is 23.0 Å². The van der Waals surface area contributed by atoms with Gasteiger partial charge in [-0.1, -0.05) is 0 Å². The predicted molar refractivity (Wildman–Crippen MR) is 98.1 cm³/mol. The van der Waals surface area contributed by atoms with E-state index in [-0.39, 0.29) is 0 Å². The third-order valence-electron chi connectivity index (χ3n) is 3.33. The number of ether oxygens (including phenoxy) is 4. The fraction of sp³-hybridized carbons (Fsp3) is 0.278. The Kier molecular flexibility index (Phi) is 6.76. The van der Waals surface area contributed by atoms with Crippen molar-refractivity contribution in [1.82, 2.24) is 0 Å². The van der Waals surface area contributed by atoms with Gasteiger partial charge in [-0.15, -0.1) is 0 Å². The third-order valence-corrected chi connectivity index (χ3v) is 3.33.